The number of methoxy groups -OCH3 is 1. The highest BCUT2D eigenvalue weighted by molar-refractivity contribution is 6.00. The van der Waals surface area contributed by atoms with Crippen LogP contribution in [0, 0.1) is 12.3 Å². The molecule has 0 spiro atoms. The number of nitrogens with one attached hydrogen (secondary N) is 1. The maximum atomic E-state index is 13.3. The Morgan fingerprint density at radius 2 is 1.84 bits per heavy atom. The number of ketones is 1. The van der Waals surface area contributed by atoms with E-state index >= 15 is 0 Å². The third-order valence-electron chi connectivity index (χ3n) is 6.15. The molecule has 0 saturated carbocycles. The Kier molecular flexibility index (Phi) is 4.46. The summed E-state index contributed by atoms with van der Waals surface area (Å²) < 4.78 is 7.19. The molecule has 0 unspecified atom stereocenters. The van der Waals surface area contributed by atoms with Crippen molar-refractivity contribution in [1.29, 1.82) is 0 Å². The molecule has 1 atom stereocenters. The summed E-state index contributed by atoms with van der Waals surface area (Å²) in [5.41, 5.74) is 4.75. The summed E-state index contributed by atoms with van der Waals surface area (Å²) in [6, 6.07) is 15.6. The molecule has 31 heavy (non-hydrogen) atoms. The molecule has 1 N–H and O–H groups in total. The van der Waals surface area contributed by atoms with Gasteiger partial charge in [-0.2, -0.15) is 4.98 Å². The van der Waals surface area contributed by atoms with Crippen LogP contribution in [0.25, 0.3) is 11.4 Å². The van der Waals surface area contributed by atoms with Gasteiger partial charge in [0.2, 0.25) is 5.95 Å². The van der Waals surface area contributed by atoms with E-state index in [-0.39, 0.29) is 17.2 Å². The minimum absolute atomic E-state index is 0.0889. The average molecular weight is 415 g/mol. The summed E-state index contributed by atoms with van der Waals surface area (Å²) in [7, 11) is 1.65. The summed E-state index contributed by atoms with van der Waals surface area (Å²) in [6.45, 7) is 6.33. The van der Waals surface area contributed by atoms with E-state index in [4.69, 9.17) is 14.8 Å². The molecule has 1 aliphatic carbocycles. The number of allylic oxidation sites excluding steroid dienone is 2. The van der Waals surface area contributed by atoms with Crippen molar-refractivity contribution in [2.24, 2.45) is 5.41 Å². The fraction of sp³-hybridized carbons (Fsp3) is 0.320. The third kappa shape index (κ3) is 3.32. The van der Waals surface area contributed by atoms with Crippen molar-refractivity contribution in [3.05, 3.63) is 70.9 Å². The van der Waals surface area contributed by atoms with Gasteiger partial charge in [-0.1, -0.05) is 50.2 Å². The lowest BCUT2D eigenvalue weighted by molar-refractivity contribution is -0.118. The van der Waals surface area contributed by atoms with E-state index in [1.165, 1.54) is 0 Å². The van der Waals surface area contributed by atoms with Gasteiger partial charge >= 0.3 is 0 Å². The fourth-order valence-electron chi connectivity index (χ4n) is 4.64. The van der Waals surface area contributed by atoms with Gasteiger partial charge in [0, 0.05) is 23.3 Å². The van der Waals surface area contributed by atoms with Crippen molar-refractivity contribution in [2.75, 3.05) is 12.4 Å². The number of hydrogen-bond acceptors (Lipinski definition) is 5. The van der Waals surface area contributed by atoms with Gasteiger partial charge in [-0.25, -0.2) is 4.68 Å². The van der Waals surface area contributed by atoms with Gasteiger partial charge < -0.3 is 10.1 Å². The first-order chi connectivity index (χ1) is 14.9. The molecule has 0 fully saturated rings. The Morgan fingerprint density at radius 3 is 2.55 bits per heavy atom. The van der Waals surface area contributed by atoms with Gasteiger partial charge in [0.25, 0.3) is 0 Å². The molecular formula is C25H26N4O2. The van der Waals surface area contributed by atoms with Crippen LogP contribution in [0.1, 0.15) is 43.9 Å². The minimum Gasteiger partial charge on any atom is -0.497 e. The molecule has 158 valence electrons. The first-order valence-corrected chi connectivity index (χ1v) is 10.6. The topological polar surface area (TPSA) is 69.0 Å². The van der Waals surface area contributed by atoms with Crippen molar-refractivity contribution in [3.63, 3.8) is 0 Å². The number of Topliss-reactive ketones (excluding diaryl/α,β-unsaturated/α-hetero) is 1. The number of aromatic nitrogens is 3. The van der Waals surface area contributed by atoms with Crippen LogP contribution in [-0.2, 0) is 4.79 Å². The van der Waals surface area contributed by atoms with E-state index in [0.717, 1.165) is 40.1 Å². The second-order valence-corrected chi connectivity index (χ2v) is 9.15. The molecule has 1 aromatic heterocycles. The second kappa shape index (κ2) is 7.08. The monoisotopic (exact) mass is 414 g/mol. The predicted octanol–water partition coefficient (Wildman–Crippen LogP) is 4.92. The van der Waals surface area contributed by atoms with Gasteiger partial charge in [-0.3, -0.25) is 4.79 Å². The van der Waals surface area contributed by atoms with Gasteiger partial charge in [0.05, 0.1) is 7.11 Å². The van der Waals surface area contributed by atoms with Crippen LogP contribution in [0.5, 0.6) is 5.75 Å². The lowest BCUT2D eigenvalue weighted by Crippen LogP contribution is -2.36. The normalized spacial score (nSPS) is 19.5. The van der Waals surface area contributed by atoms with Crippen LogP contribution in [0.2, 0.25) is 0 Å². The van der Waals surface area contributed by atoms with Crippen LogP contribution in [-0.4, -0.2) is 27.7 Å². The molecule has 2 aliphatic rings. The smallest absolute Gasteiger partial charge is 0.226 e. The maximum Gasteiger partial charge on any atom is 0.226 e. The number of ether oxygens (including phenoxy) is 1. The van der Waals surface area contributed by atoms with E-state index < -0.39 is 0 Å². The molecule has 0 bridgehead atoms. The first kappa shape index (κ1) is 19.5. The van der Waals surface area contributed by atoms with Crippen LogP contribution >= 0.6 is 0 Å². The van der Waals surface area contributed by atoms with Gasteiger partial charge in [-0.15, -0.1) is 5.10 Å². The zero-order chi connectivity index (χ0) is 21.8. The Bertz CT molecular complexity index is 1200. The van der Waals surface area contributed by atoms with Crippen molar-refractivity contribution >= 4 is 11.7 Å². The number of benzene rings is 2. The number of hydrogen-bond donors (Lipinski definition) is 1. The molecule has 6 nitrogen and oxygen atoms in total. The third-order valence-corrected chi connectivity index (χ3v) is 6.15. The van der Waals surface area contributed by atoms with Crippen LogP contribution in [0.15, 0.2) is 59.8 Å². The quantitative estimate of drug-likeness (QED) is 0.659. The van der Waals surface area contributed by atoms with Gasteiger partial charge in [-0.05, 0) is 42.0 Å². The summed E-state index contributed by atoms with van der Waals surface area (Å²) in [5, 5.41) is 8.31. The van der Waals surface area contributed by atoms with Crippen molar-refractivity contribution in [3.8, 4) is 17.1 Å². The molecule has 5 rings (SSSR count). The molecule has 3 aromatic rings. The van der Waals surface area contributed by atoms with E-state index in [1.807, 2.05) is 47.1 Å². The second-order valence-electron chi connectivity index (χ2n) is 9.15. The summed E-state index contributed by atoms with van der Waals surface area (Å²) in [4.78, 5) is 18.1. The van der Waals surface area contributed by atoms with E-state index in [9.17, 15) is 4.79 Å². The molecule has 2 heterocycles. The van der Waals surface area contributed by atoms with Crippen LogP contribution in [0.3, 0.4) is 0 Å². The molecular weight excluding hydrogens is 388 g/mol. The number of fused-ring (bicyclic) bond motifs is 1. The summed E-state index contributed by atoms with van der Waals surface area (Å²) in [5.74, 6) is 2.27. The van der Waals surface area contributed by atoms with Crippen LogP contribution < -0.4 is 10.1 Å². The SMILES string of the molecule is COc1ccc([C@@H]2C3=C(CC(C)(C)CC3=O)Nc3nc(-c4ccccc4C)nn32)cc1. The Hall–Kier alpha value is -3.41. The van der Waals surface area contributed by atoms with Crippen molar-refractivity contribution < 1.29 is 9.53 Å². The number of rotatable bonds is 3. The first-order valence-electron chi connectivity index (χ1n) is 10.6. The Labute approximate surface area is 182 Å². The fourth-order valence-corrected chi connectivity index (χ4v) is 4.64. The lowest BCUT2D eigenvalue weighted by atomic mass is 9.73. The van der Waals surface area contributed by atoms with E-state index in [0.29, 0.717) is 18.2 Å². The molecule has 0 amide bonds. The number of anilines is 1. The molecule has 0 saturated heterocycles. The number of carbonyl (C=O) groups is 1. The zero-order valence-corrected chi connectivity index (χ0v) is 18.3. The minimum atomic E-state index is -0.314. The summed E-state index contributed by atoms with van der Waals surface area (Å²) in [6.07, 6.45) is 1.32. The molecule has 0 radical (unpaired) electrons. The zero-order valence-electron chi connectivity index (χ0n) is 18.3. The highest BCUT2D eigenvalue weighted by Crippen LogP contribution is 2.45. The highest BCUT2D eigenvalue weighted by Gasteiger charge is 2.41. The molecule has 2 aromatic carbocycles. The van der Waals surface area contributed by atoms with Gasteiger partial charge in [0.15, 0.2) is 11.6 Å². The maximum absolute atomic E-state index is 13.3. The molecule has 6 heteroatoms. The average Bonchev–Trinajstić information content (AvgIpc) is 3.15. The Morgan fingerprint density at radius 1 is 1.10 bits per heavy atom. The van der Waals surface area contributed by atoms with Crippen molar-refractivity contribution in [2.45, 2.75) is 39.7 Å². The number of carbonyl (C=O) groups excluding carboxylic acids is 1. The van der Waals surface area contributed by atoms with Crippen molar-refractivity contribution in [1.82, 2.24) is 14.8 Å². The predicted molar refractivity (Wildman–Crippen MR) is 120 cm³/mol. The standard InChI is InChI=1S/C25H26N4O2/c1-15-7-5-6-8-18(15)23-27-24-26-19-13-25(2,3)14-20(30)21(19)22(29(24)28-23)16-9-11-17(31-4)12-10-16/h5-12,22H,13-14H2,1-4H3,(H,26,27,28)/t22-/m1/s1. The summed E-state index contributed by atoms with van der Waals surface area (Å²) >= 11 is 0. The highest BCUT2D eigenvalue weighted by atomic mass is 16.5. The largest absolute Gasteiger partial charge is 0.497 e. The molecule has 1 aliphatic heterocycles. The van der Waals surface area contributed by atoms with Gasteiger partial charge in [0.1, 0.15) is 11.8 Å². The number of aryl methyl sites for hydroxylation is 1. The van der Waals surface area contributed by atoms with Crippen LogP contribution in [0.4, 0.5) is 5.95 Å². The lowest BCUT2D eigenvalue weighted by Gasteiger charge is -2.38. The Balaban J connectivity index is 1.68. The number of nitrogens with zero attached hydrogens (tertiary/aromatic N) is 3. The van der Waals surface area contributed by atoms with E-state index in [2.05, 4.69) is 32.2 Å². The van der Waals surface area contributed by atoms with E-state index in [1.54, 1.807) is 7.11 Å².